The molecule has 0 radical (unpaired) electrons. The zero-order valence-electron chi connectivity index (χ0n) is 11.3. The summed E-state index contributed by atoms with van der Waals surface area (Å²) in [6, 6.07) is 2.97. The van der Waals surface area contributed by atoms with Gasteiger partial charge >= 0.3 is 5.97 Å². The fraction of sp³-hybridized carbons (Fsp3) is 0.385. The number of carbonyl (C=O) groups is 2. The van der Waals surface area contributed by atoms with Gasteiger partial charge in [0.05, 0.1) is 22.3 Å². The van der Waals surface area contributed by atoms with E-state index < -0.39 is 25.1 Å². The van der Waals surface area contributed by atoms with Gasteiger partial charge in [0.25, 0.3) is 0 Å². The van der Waals surface area contributed by atoms with Gasteiger partial charge in [0.2, 0.25) is 5.91 Å². The van der Waals surface area contributed by atoms with Crippen molar-refractivity contribution in [1.29, 1.82) is 0 Å². The van der Waals surface area contributed by atoms with Crippen LogP contribution in [0.4, 0.5) is 5.69 Å². The van der Waals surface area contributed by atoms with Crippen LogP contribution in [0.3, 0.4) is 0 Å². The molecule has 0 heterocycles. The number of aliphatic carboxylic acids is 1. The highest BCUT2D eigenvalue weighted by Gasteiger charge is 2.11. The van der Waals surface area contributed by atoms with Crippen molar-refractivity contribution in [3.8, 4) is 5.75 Å². The number of halogens is 2. The molecule has 1 aromatic rings. The predicted molar refractivity (Wildman–Crippen MR) is 79.3 cm³/mol. The van der Waals surface area contributed by atoms with Gasteiger partial charge in [-0.2, -0.15) is 0 Å². The van der Waals surface area contributed by atoms with E-state index in [1.807, 2.05) is 6.92 Å². The van der Waals surface area contributed by atoms with Crippen LogP contribution in [0.1, 0.15) is 13.3 Å². The molecule has 0 saturated heterocycles. The lowest BCUT2D eigenvalue weighted by Crippen LogP contribution is -2.20. The van der Waals surface area contributed by atoms with Crippen LogP contribution in [0.25, 0.3) is 0 Å². The minimum absolute atomic E-state index is 0.246. The molecule has 116 valence electrons. The summed E-state index contributed by atoms with van der Waals surface area (Å²) in [5, 5.41) is 11.5. The second-order valence-corrected chi connectivity index (χ2v) is 4.86. The maximum absolute atomic E-state index is 11.6. The van der Waals surface area contributed by atoms with Crippen molar-refractivity contribution in [3.63, 3.8) is 0 Å². The lowest BCUT2D eigenvalue weighted by atomic mass is 10.3. The standard InChI is InChI=1S/C13H15Cl2NO5/c1-2-3-21-11-5-10(8(14)4-9(11)15)16-12(17)6-20-7-13(18)19/h4-5H,2-3,6-7H2,1H3,(H,16,17)(H,18,19). The summed E-state index contributed by atoms with van der Waals surface area (Å²) in [5.41, 5.74) is 0.316. The predicted octanol–water partition coefficient (Wildman–Crippen LogP) is 2.82. The summed E-state index contributed by atoms with van der Waals surface area (Å²) in [4.78, 5) is 21.9. The van der Waals surface area contributed by atoms with Gasteiger partial charge in [-0.15, -0.1) is 0 Å². The number of anilines is 1. The first kappa shape index (κ1) is 17.6. The molecule has 0 aromatic heterocycles. The van der Waals surface area contributed by atoms with Crippen molar-refractivity contribution in [1.82, 2.24) is 0 Å². The molecule has 1 rings (SSSR count). The second kappa shape index (κ2) is 8.71. The summed E-state index contributed by atoms with van der Waals surface area (Å²) < 4.78 is 10.1. The number of carboxylic acids is 1. The first-order chi connectivity index (χ1) is 9.93. The molecule has 0 fully saturated rings. The van der Waals surface area contributed by atoms with Gasteiger partial charge < -0.3 is 19.9 Å². The topological polar surface area (TPSA) is 84.9 Å². The van der Waals surface area contributed by atoms with Gasteiger partial charge in [0.15, 0.2) is 0 Å². The van der Waals surface area contributed by atoms with Crippen molar-refractivity contribution in [2.75, 3.05) is 25.1 Å². The highest BCUT2D eigenvalue weighted by molar-refractivity contribution is 6.37. The number of ether oxygens (including phenoxy) is 2. The fourth-order valence-corrected chi connectivity index (χ4v) is 1.85. The molecule has 0 atom stereocenters. The molecule has 6 nitrogen and oxygen atoms in total. The zero-order valence-corrected chi connectivity index (χ0v) is 12.8. The summed E-state index contributed by atoms with van der Waals surface area (Å²) >= 11 is 12.0. The lowest BCUT2D eigenvalue weighted by Gasteiger charge is -2.12. The summed E-state index contributed by atoms with van der Waals surface area (Å²) in [5.74, 6) is -1.27. The Balaban J connectivity index is 2.68. The lowest BCUT2D eigenvalue weighted by molar-refractivity contribution is -0.143. The molecule has 8 heteroatoms. The number of nitrogens with one attached hydrogen (secondary N) is 1. The number of hydrogen-bond acceptors (Lipinski definition) is 4. The first-order valence-electron chi connectivity index (χ1n) is 6.15. The molecule has 0 aliphatic rings. The number of benzene rings is 1. The summed E-state index contributed by atoms with van der Waals surface area (Å²) in [7, 11) is 0. The molecular formula is C13H15Cl2NO5. The van der Waals surface area contributed by atoms with E-state index in [1.165, 1.54) is 12.1 Å². The third-order valence-corrected chi connectivity index (χ3v) is 2.82. The van der Waals surface area contributed by atoms with Gasteiger partial charge in [-0.1, -0.05) is 30.1 Å². The number of carbonyl (C=O) groups excluding carboxylic acids is 1. The largest absolute Gasteiger partial charge is 0.492 e. The van der Waals surface area contributed by atoms with E-state index in [-0.39, 0.29) is 5.02 Å². The van der Waals surface area contributed by atoms with E-state index in [0.29, 0.717) is 23.1 Å². The normalized spacial score (nSPS) is 10.2. The van der Waals surface area contributed by atoms with Gasteiger partial charge in [-0.05, 0) is 12.5 Å². The quantitative estimate of drug-likeness (QED) is 0.762. The van der Waals surface area contributed by atoms with Crippen molar-refractivity contribution in [2.45, 2.75) is 13.3 Å². The van der Waals surface area contributed by atoms with Crippen molar-refractivity contribution >= 4 is 40.8 Å². The van der Waals surface area contributed by atoms with E-state index in [4.69, 9.17) is 33.0 Å². The molecule has 1 aromatic carbocycles. The Hall–Kier alpha value is -1.50. The molecule has 0 saturated carbocycles. The number of carboxylic acid groups (broad SMARTS) is 1. The SMILES string of the molecule is CCCOc1cc(NC(=O)COCC(=O)O)c(Cl)cc1Cl. The monoisotopic (exact) mass is 335 g/mol. The van der Waals surface area contributed by atoms with E-state index in [9.17, 15) is 9.59 Å². The van der Waals surface area contributed by atoms with Crippen LogP contribution in [0.5, 0.6) is 5.75 Å². The number of rotatable bonds is 8. The average molecular weight is 336 g/mol. The van der Waals surface area contributed by atoms with Crippen LogP contribution < -0.4 is 10.1 Å². The van der Waals surface area contributed by atoms with Gasteiger partial charge in [0, 0.05) is 6.07 Å². The Morgan fingerprint density at radius 2 is 1.95 bits per heavy atom. The van der Waals surface area contributed by atoms with Gasteiger partial charge in [-0.25, -0.2) is 4.79 Å². The van der Waals surface area contributed by atoms with Crippen LogP contribution in [0.2, 0.25) is 10.0 Å². The number of hydrogen-bond donors (Lipinski definition) is 2. The first-order valence-corrected chi connectivity index (χ1v) is 6.90. The highest BCUT2D eigenvalue weighted by Crippen LogP contribution is 2.34. The maximum atomic E-state index is 11.6. The third kappa shape index (κ3) is 6.20. The van der Waals surface area contributed by atoms with E-state index >= 15 is 0 Å². The smallest absolute Gasteiger partial charge is 0.329 e. The fourth-order valence-electron chi connectivity index (χ4n) is 1.36. The molecular weight excluding hydrogens is 321 g/mol. The highest BCUT2D eigenvalue weighted by atomic mass is 35.5. The molecule has 0 unspecified atom stereocenters. The molecule has 1 amide bonds. The van der Waals surface area contributed by atoms with Crippen LogP contribution in [0, 0.1) is 0 Å². The van der Waals surface area contributed by atoms with E-state index in [2.05, 4.69) is 10.1 Å². The Morgan fingerprint density at radius 1 is 1.24 bits per heavy atom. The third-order valence-electron chi connectivity index (χ3n) is 2.22. The Kier molecular flexibility index (Phi) is 7.28. The number of amides is 1. The van der Waals surface area contributed by atoms with Crippen LogP contribution in [-0.4, -0.2) is 36.8 Å². The molecule has 0 bridgehead atoms. The molecule has 2 N–H and O–H groups in total. The van der Waals surface area contributed by atoms with E-state index in [1.54, 1.807) is 0 Å². The molecule has 21 heavy (non-hydrogen) atoms. The average Bonchev–Trinajstić information content (AvgIpc) is 2.40. The maximum Gasteiger partial charge on any atom is 0.329 e. The van der Waals surface area contributed by atoms with Crippen molar-refractivity contribution in [3.05, 3.63) is 22.2 Å². The van der Waals surface area contributed by atoms with Gasteiger partial charge in [0.1, 0.15) is 19.0 Å². The van der Waals surface area contributed by atoms with Crippen LogP contribution in [0.15, 0.2) is 12.1 Å². The summed E-state index contributed by atoms with van der Waals surface area (Å²) in [6.07, 6.45) is 0.809. The molecule has 0 aliphatic carbocycles. The Morgan fingerprint density at radius 3 is 2.57 bits per heavy atom. The van der Waals surface area contributed by atoms with Gasteiger partial charge in [-0.3, -0.25) is 4.79 Å². The van der Waals surface area contributed by atoms with Crippen LogP contribution >= 0.6 is 23.2 Å². The second-order valence-electron chi connectivity index (χ2n) is 4.05. The molecule has 0 spiro atoms. The minimum atomic E-state index is -1.15. The van der Waals surface area contributed by atoms with Crippen LogP contribution in [-0.2, 0) is 14.3 Å². The minimum Gasteiger partial charge on any atom is -0.492 e. The molecule has 0 aliphatic heterocycles. The summed E-state index contributed by atoms with van der Waals surface area (Å²) in [6.45, 7) is 1.49. The van der Waals surface area contributed by atoms with Crippen molar-refractivity contribution in [2.24, 2.45) is 0 Å². The Labute approximate surface area is 131 Å². The van der Waals surface area contributed by atoms with E-state index in [0.717, 1.165) is 6.42 Å². The zero-order chi connectivity index (χ0) is 15.8. The Bertz CT molecular complexity index is 522. The van der Waals surface area contributed by atoms with Crippen molar-refractivity contribution < 1.29 is 24.2 Å².